The quantitative estimate of drug-likeness (QED) is 0.845. The van der Waals surface area contributed by atoms with Crippen molar-refractivity contribution in [2.45, 2.75) is 32.7 Å². The molecule has 8 heteroatoms. The van der Waals surface area contributed by atoms with E-state index in [2.05, 4.69) is 32.2 Å². The van der Waals surface area contributed by atoms with E-state index in [0.717, 1.165) is 17.8 Å². The summed E-state index contributed by atoms with van der Waals surface area (Å²) in [7, 11) is 0. The lowest BCUT2D eigenvalue weighted by atomic mass is 10.2. The molecule has 20 heavy (non-hydrogen) atoms. The Labute approximate surface area is 126 Å². The van der Waals surface area contributed by atoms with Gasteiger partial charge in [0.15, 0.2) is 0 Å². The molecule has 0 saturated carbocycles. The van der Waals surface area contributed by atoms with Crippen molar-refractivity contribution in [1.29, 1.82) is 0 Å². The van der Waals surface area contributed by atoms with E-state index >= 15 is 0 Å². The lowest BCUT2D eigenvalue weighted by molar-refractivity contribution is 0.291. The maximum atomic E-state index is 5.89. The van der Waals surface area contributed by atoms with E-state index in [-0.39, 0.29) is 17.3 Å². The van der Waals surface area contributed by atoms with Crippen molar-refractivity contribution in [2.24, 2.45) is 0 Å². The highest BCUT2D eigenvalue weighted by molar-refractivity contribution is 7.09. The molecule has 0 saturated heterocycles. The van der Waals surface area contributed by atoms with Crippen LogP contribution in [0.25, 0.3) is 0 Å². The average Bonchev–Trinajstić information content (AvgIpc) is 2.96. The first-order valence-electron chi connectivity index (χ1n) is 6.43. The van der Waals surface area contributed by atoms with Gasteiger partial charge in [-0.05, 0) is 24.4 Å². The molecule has 0 spiro atoms. The molecule has 0 fully saturated rings. The van der Waals surface area contributed by atoms with Gasteiger partial charge in [0.1, 0.15) is 5.01 Å². The summed E-state index contributed by atoms with van der Waals surface area (Å²) in [6.45, 7) is 4.62. The van der Waals surface area contributed by atoms with Crippen LogP contribution in [0.1, 0.15) is 37.7 Å². The molecule has 1 atom stereocenters. The monoisotopic (exact) mass is 313 g/mol. The molecule has 1 N–H and O–H groups in total. The van der Waals surface area contributed by atoms with Crippen LogP contribution in [-0.4, -0.2) is 26.5 Å². The summed E-state index contributed by atoms with van der Waals surface area (Å²) in [5, 5.41) is 6.25. The van der Waals surface area contributed by atoms with Gasteiger partial charge in [0.2, 0.25) is 11.2 Å². The molecule has 2 aromatic heterocycles. The summed E-state index contributed by atoms with van der Waals surface area (Å²) in [5.74, 6) is 0.401. The number of rotatable bonds is 7. The number of nitrogens with one attached hydrogen (secondary N) is 1. The second-order valence-corrected chi connectivity index (χ2v) is 5.30. The van der Waals surface area contributed by atoms with E-state index in [1.54, 1.807) is 17.5 Å². The third kappa shape index (κ3) is 4.01. The SMILES string of the molecule is CCCOc1nc(Cl)nc(NC(CC)c2nccs2)n1. The molecular formula is C12H16ClN5OS. The highest BCUT2D eigenvalue weighted by Crippen LogP contribution is 2.23. The first-order valence-corrected chi connectivity index (χ1v) is 7.69. The van der Waals surface area contributed by atoms with E-state index in [9.17, 15) is 0 Å². The van der Waals surface area contributed by atoms with Gasteiger partial charge in [0.05, 0.1) is 12.6 Å². The van der Waals surface area contributed by atoms with Gasteiger partial charge in [-0.2, -0.15) is 15.0 Å². The largest absolute Gasteiger partial charge is 0.463 e. The first kappa shape index (κ1) is 14.9. The van der Waals surface area contributed by atoms with Gasteiger partial charge in [-0.1, -0.05) is 13.8 Å². The van der Waals surface area contributed by atoms with Gasteiger partial charge < -0.3 is 10.1 Å². The Bertz CT molecular complexity index is 537. The summed E-state index contributed by atoms with van der Waals surface area (Å²) in [6.07, 6.45) is 3.52. The minimum atomic E-state index is 0.0486. The minimum Gasteiger partial charge on any atom is -0.463 e. The van der Waals surface area contributed by atoms with E-state index < -0.39 is 0 Å². The number of hydrogen-bond acceptors (Lipinski definition) is 7. The van der Waals surface area contributed by atoms with Crippen molar-refractivity contribution in [3.8, 4) is 6.01 Å². The molecule has 0 aliphatic heterocycles. The molecule has 1 unspecified atom stereocenters. The predicted molar refractivity (Wildman–Crippen MR) is 79.4 cm³/mol. The van der Waals surface area contributed by atoms with Gasteiger partial charge >= 0.3 is 6.01 Å². The Morgan fingerprint density at radius 3 is 2.85 bits per heavy atom. The van der Waals surface area contributed by atoms with Crippen molar-refractivity contribution in [3.05, 3.63) is 21.9 Å². The lowest BCUT2D eigenvalue weighted by Gasteiger charge is -2.14. The Morgan fingerprint density at radius 1 is 1.35 bits per heavy atom. The average molecular weight is 314 g/mol. The van der Waals surface area contributed by atoms with Crippen molar-refractivity contribution in [3.63, 3.8) is 0 Å². The Hall–Kier alpha value is -1.47. The van der Waals surface area contributed by atoms with Gasteiger partial charge in [0, 0.05) is 11.6 Å². The number of ether oxygens (including phenoxy) is 1. The fraction of sp³-hybridized carbons (Fsp3) is 0.500. The number of anilines is 1. The molecule has 6 nitrogen and oxygen atoms in total. The number of aromatic nitrogens is 4. The Kier molecular flexibility index (Phi) is 5.49. The summed E-state index contributed by atoms with van der Waals surface area (Å²) in [6, 6.07) is 0.288. The fourth-order valence-corrected chi connectivity index (χ4v) is 2.48. The summed E-state index contributed by atoms with van der Waals surface area (Å²) < 4.78 is 5.38. The second kappa shape index (κ2) is 7.35. The van der Waals surface area contributed by atoms with Gasteiger partial charge in [-0.15, -0.1) is 11.3 Å². The zero-order valence-corrected chi connectivity index (χ0v) is 12.9. The van der Waals surface area contributed by atoms with Crippen molar-refractivity contribution < 1.29 is 4.74 Å². The molecule has 0 amide bonds. The molecule has 0 bridgehead atoms. The summed E-state index contributed by atoms with van der Waals surface area (Å²) in [4.78, 5) is 16.5. The predicted octanol–water partition coefficient (Wildman–Crippen LogP) is 3.33. The zero-order chi connectivity index (χ0) is 14.4. The van der Waals surface area contributed by atoms with Crippen molar-refractivity contribution >= 4 is 28.9 Å². The van der Waals surface area contributed by atoms with Crippen LogP contribution < -0.4 is 10.1 Å². The summed E-state index contributed by atoms with van der Waals surface area (Å²) >= 11 is 7.47. The van der Waals surface area contributed by atoms with Gasteiger partial charge in [0.25, 0.3) is 0 Å². The van der Waals surface area contributed by atoms with Crippen molar-refractivity contribution in [1.82, 2.24) is 19.9 Å². The maximum Gasteiger partial charge on any atom is 0.322 e. The van der Waals surface area contributed by atoms with E-state index in [1.165, 1.54) is 0 Å². The Morgan fingerprint density at radius 2 is 2.20 bits per heavy atom. The number of hydrogen-bond donors (Lipinski definition) is 1. The van der Waals surface area contributed by atoms with E-state index in [1.807, 2.05) is 12.3 Å². The second-order valence-electron chi connectivity index (χ2n) is 4.03. The van der Waals surface area contributed by atoms with Gasteiger partial charge in [-0.25, -0.2) is 4.98 Å². The molecule has 2 aromatic rings. The van der Waals surface area contributed by atoms with Crippen LogP contribution in [0.3, 0.4) is 0 Å². The van der Waals surface area contributed by atoms with Gasteiger partial charge in [-0.3, -0.25) is 0 Å². The van der Waals surface area contributed by atoms with Crippen LogP contribution >= 0.6 is 22.9 Å². The molecule has 108 valence electrons. The van der Waals surface area contributed by atoms with Crippen LogP contribution in [0.2, 0.25) is 5.28 Å². The van der Waals surface area contributed by atoms with Crippen molar-refractivity contribution in [2.75, 3.05) is 11.9 Å². The smallest absolute Gasteiger partial charge is 0.322 e. The highest BCUT2D eigenvalue weighted by atomic mass is 35.5. The summed E-state index contributed by atoms with van der Waals surface area (Å²) in [5.41, 5.74) is 0. The highest BCUT2D eigenvalue weighted by Gasteiger charge is 2.14. The topological polar surface area (TPSA) is 72.8 Å². The number of nitrogens with zero attached hydrogens (tertiary/aromatic N) is 4. The van der Waals surface area contributed by atoms with Crippen LogP contribution in [0.4, 0.5) is 5.95 Å². The third-order valence-electron chi connectivity index (χ3n) is 2.48. The minimum absolute atomic E-state index is 0.0486. The molecule has 2 rings (SSSR count). The molecule has 0 radical (unpaired) electrons. The van der Waals surface area contributed by atoms with Crippen LogP contribution in [0.5, 0.6) is 6.01 Å². The maximum absolute atomic E-state index is 5.89. The Balaban J connectivity index is 2.13. The standard InChI is InChI=1S/C12H16ClN5OS/c1-3-6-19-12-17-10(13)16-11(18-12)15-8(4-2)9-14-5-7-20-9/h5,7-8H,3-4,6H2,1-2H3,(H,15,16,17,18). The molecular weight excluding hydrogens is 298 g/mol. The van der Waals surface area contributed by atoms with Crippen LogP contribution in [0, 0.1) is 0 Å². The third-order valence-corrected chi connectivity index (χ3v) is 3.54. The first-order chi connectivity index (χ1) is 9.72. The molecule has 0 aromatic carbocycles. The van der Waals surface area contributed by atoms with E-state index in [4.69, 9.17) is 16.3 Å². The number of halogens is 1. The molecule has 2 heterocycles. The normalized spacial score (nSPS) is 12.2. The zero-order valence-electron chi connectivity index (χ0n) is 11.3. The van der Waals surface area contributed by atoms with Crippen LogP contribution in [0.15, 0.2) is 11.6 Å². The lowest BCUT2D eigenvalue weighted by Crippen LogP contribution is -2.13. The number of thiazole rings is 1. The molecule has 0 aliphatic rings. The fourth-order valence-electron chi connectivity index (χ4n) is 1.56. The molecule has 0 aliphatic carbocycles. The van der Waals surface area contributed by atoms with E-state index in [0.29, 0.717) is 12.6 Å². The van der Waals surface area contributed by atoms with Crippen LogP contribution in [-0.2, 0) is 0 Å².